The third kappa shape index (κ3) is 2.76. The van der Waals surface area contributed by atoms with Crippen LogP contribution < -0.4 is 11.3 Å². The maximum atomic E-state index is 5.76. The molecule has 1 aliphatic heterocycles. The Morgan fingerprint density at radius 1 is 1.25 bits per heavy atom. The number of rotatable bonds is 5. The van der Waals surface area contributed by atoms with Crippen molar-refractivity contribution in [1.82, 2.24) is 10.3 Å². The van der Waals surface area contributed by atoms with Crippen molar-refractivity contribution in [3.05, 3.63) is 0 Å². The third-order valence-corrected chi connectivity index (χ3v) is 4.49. The summed E-state index contributed by atoms with van der Waals surface area (Å²) in [6.07, 6.45) is 8.17. The summed E-state index contributed by atoms with van der Waals surface area (Å²) in [7, 11) is 0. The van der Waals surface area contributed by atoms with Gasteiger partial charge < -0.3 is 0 Å². The Labute approximate surface area is 99.7 Å². The molecule has 0 spiro atoms. The van der Waals surface area contributed by atoms with Crippen LogP contribution in [0.4, 0.5) is 0 Å². The number of piperidine rings is 1. The van der Waals surface area contributed by atoms with Crippen LogP contribution in [0.3, 0.4) is 0 Å². The molecule has 0 aromatic rings. The summed E-state index contributed by atoms with van der Waals surface area (Å²) in [5.74, 6) is 6.70. The molecule has 0 aromatic carbocycles. The van der Waals surface area contributed by atoms with Crippen molar-refractivity contribution in [1.29, 1.82) is 0 Å². The number of nitrogens with two attached hydrogens (primary N) is 1. The fraction of sp³-hybridized carbons (Fsp3) is 1.00. The Bertz CT molecular complexity index is 217. The molecule has 0 amide bonds. The summed E-state index contributed by atoms with van der Waals surface area (Å²) in [6.45, 7) is 7.20. The van der Waals surface area contributed by atoms with Gasteiger partial charge in [0.2, 0.25) is 0 Å². The number of nitrogens with one attached hydrogen (secondary N) is 1. The van der Waals surface area contributed by atoms with Gasteiger partial charge in [-0.15, -0.1) is 0 Å². The van der Waals surface area contributed by atoms with E-state index in [1.165, 1.54) is 51.6 Å². The molecule has 1 saturated heterocycles. The third-order valence-electron chi connectivity index (χ3n) is 4.49. The summed E-state index contributed by atoms with van der Waals surface area (Å²) in [6, 6.07) is 0.443. The number of hydrazine groups is 1. The number of hydrogen-bond donors (Lipinski definition) is 2. The topological polar surface area (TPSA) is 41.3 Å². The summed E-state index contributed by atoms with van der Waals surface area (Å²) >= 11 is 0. The van der Waals surface area contributed by atoms with Gasteiger partial charge in [-0.1, -0.05) is 19.3 Å². The average molecular weight is 225 g/mol. The lowest BCUT2D eigenvalue weighted by molar-refractivity contribution is 0.0564. The monoisotopic (exact) mass is 225 g/mol. The van der Waals surface area contributed by atoms with Gasteiger partial charge in [-0.05, 0) is 52.1 Å². The Balaban J connectivity index is 1.95. The van der Waals surface area contributed by atoms with Crippen LogP contribution in [0, 0.1) is 5.92 Å². The Kier molecular flexibility index (Phi) is 3.88. The van der Waals surface area contributed by atoms with Gasteiger partial charge >= 0.3 is 0 Å². The van der Waals surface area contributed by atoms with Crippen LogP contribution in [-0.4, -0.2) is 29.6 Å². The molecule has 1 saturated carbocycles. The highest BCUT2D eigenvalue weighted by Gasteiger charge is 2.38. The number of likely N-dealkylation sites (tertiary alicyclic amines) is 1. The largest absolute Gasteiger partial charge is 0.297 e. The highest BCUT2D eigenvalue weighted by molar-refractivity contribution is 4.96. The highest BCUT2D eigenvalue weighted by atomic mass is 15.3. The maximum Gasteiger partial charge on any atom is 0.0392 e. The molecule has 3 heteroatoms. The van der Waals surface area contributed by atoms with Gasteiger partial charge in [0, 0.05) is 11.6 Å². The van der Waals surface area contributed by atoms with Crippen molar-refractivity contribution in [2.24, 2.45) is 11.8 Å². The van der Waals surface area contributed by atoms with Crippen molar-refractivity contribution in [3.63, 3.8) is 0 Å². The second kappa shape index (κ2) is 5.03. The molecular formula is C13H27N3. The van der Waals surface area contributed by atoms with Gasteiger partial charge in [0.1, 0.15) is 0 Å². The molecule has 0 radical (unpaired) electrons. The molecule has 3 N–H and O–H groups in total. The van der Waals surface area contributed by atoms with Gasteiger partial charge in [0.05, 0.1) is 0 Å². The minimum atomic E-state index is 0.206. The molecule has 3 nitrogen and oxygen atoms in total. The lowest BCUT2D eigenvalue weighted by Gasteiger charge is -2.46. The standard InChI is InChI=1S/C13H27N3/c1-13(2,16-8-4-3-5-9-16)12(15-14)10-11-6-7-11/h11-12,15H,3-10,14H2,1-2H3. The van der Waals surface area contributed by atoms with Crippen LogP contribution >= 0.6 is 0 Å². The molecule has 16 heavy (non-hydrogen) atoms. The number of hydrogen-bond acceptors (Lipinski definition) is 3. The van der Waals surface area contributed by atoms with Crippen molar-refractivity contribution < 1.29 is 0 Å². The zero-order valence-electron chi connectivity index (χ0n) is 10.8. The van der Waals surface area contributed by atoms with Gasteiger partial charge in [-0.2, -0.15) is 0 Å². The summed E-state index contributed by atoms with van der Waals surface area (Å²) < 4.78 is 0. The lowest BCUT2D eigenvalue weighted by atomic mass is 9.87. The van der Waals surface area contributed by atoms with Crippen LogP contribution in [0.1, 0.15) is 52.4 Å². The van der Waals surface area contributed by atoms with E-state index in [0.717, 1.165) is 5.92 Å². The summed E-state index contributed by atoms with van der Waals surface area (Å²) in [4.78, 5) is 2.63. The molecule has 1 aliphatic carbocycles. The van der Waals surface area contributed by atoms with Gasteiger partial charge in [-0.25, -0.2) is 0 Å². The predicted molar refractivity (Wildman–Crippen MR) is 68.0 cm³/mol. The quantitative estimate of drug-likeness (QED) is 0.554. The SMILES string of the molecule is CC(C)(C(CC1CC1)NN)N1CCCCC1. The van der Waals surface area contributed by atoms with E-state index < -0.39 is 0 Å². The molecule has 94 valence electrons. The zero-order chi connectivity index (χ0) is 11.6. The molecular weight excluding hydrogens is 198 g/mol. The lowest BCUT2D eigenvalue weighted by Crippen LogP contribution is -2.60. The van der Waals surface area contributed by atoms with E-state index in [-0.39, 0.29) is 5.54 Å². The van der Waals surface area contributed by atoms with E-state index in [1.54, 1.807) is 0 Å². The molecule has 1 unspecified atom stereocenters. The minimum Gasteiger partial charge on any atom is -0.297 e. The fourth-order valence-corrected chi connectivity index (χ4v) is 2.94. The zero-order valence-corrected chi connectivity index (χ0v) is 10.8. The molecule has 2 rings (SSSR count). The minimum absolute atomic E-state index is 0.206. The Morgan fingerprint density at radius 2 is 1.88 bits per heavy atom. The van der Waals surface area contributed by atoms with Crippen LogP contribution in [0.25, 0.3) is 0 Å². The molecule has 0 aromatic heterocycles. The van der Waals surface area contributed by atoms with E-state index in [1.807, 2.05) is 0 Å². The first kappa shape index (κ1) is 12.3. The van der Waals surface area contributed by atoms with E-state index >= 15 is 0 Å². The van der Waals surface area contributed by atoms with Crippen LogP contribution in [0.2, 0.25) is 0 Å². The summed E-state index contributed by atoms with van der Waals surface area (Å²) in [5, 5.41) is 0. The number of nitrogens with zero attached hydrogens (tertiary/aromatic N) is 1. The first-order valence-electron chi connectivity index (χ1n) is 6.86. The van der Waals surface area contributed by atoms with Crippen LogP contribution in [0.15, 0.2) is 0 Å². The first-order chi connectivity index (χ1) is 7.64. The molecule has 1 atom stereocenters. The smallest absolute Gasteiger partial charge is 0.0392 e. The van der Waals surface area contributed by atoms with Gasteiger partial charge in [0.25, 0.3) is 0 Å². The van der Waals surface area contributed by atoms with E-state index in [0.29, 0.717) is 6.04 Å². The fourth-order valence-electron chi connectivity index (χ4n) is 2.94. The van der Waals surface area contributed by atoms with Crippen molar-refractivity contribution in [2.45, 2.75) is 64.0 Å². The molecule has 1 heterocycles. The summed E-state index contributed by atoms with van der Waals surface area (Å²) in [5.41, 5.74) is 3.28. The van der Waals surface area contributed by atoms with Gasteiger partial charge in [-0.3, -0.25) is 16.2 Å². The van der Waals surface area contributed by atoms with E-state index in [9.17, 15) is 0 Å². The van der Waals surface area contributed by atoms with Crippen LogP contribution in [-0.2, 0) is 0 Å². The second-order valence-electron chi connectivity index (χ2n) is 6.10. The van der Waals surface area contributed by atoms with E-state index in [2.05, 4.69) is 24.2 Å². The second-order valence-corrected chi connectivity index (χ2v) is 6.10. The first-order valence-corrected chi connectivity index (χ1v) is 6.86. The molecule has 0 bridgehead atoms. The predicted octanol–water partition coefficient (Wildman–Crippen LogP) is 1.88. The Morgan fingerprint density at radius 3 is 2.38 bits per heavy atom. The Hall–Kier alpha value is -0.120. The normalized spacial score (nSPS) is 25.7. The average Bonchev–Trinajstić information content (AvgIpc) is 3.10. The highest BCUT2D eigenvalue weighted by Crippen LogP contribution is 2.37. The molecule has 2 aliphatic rings. The maximum absolute atomic E-state index is 5.76. The van der Waals surface area contributed by atoms with Crippen LogP contribution in [0.5, 0.6) is 0 Å². The van der Waals surface area contributed by atoms with Crippen molar-refractivity contribution in [3.8, 4) is 0 Å². The van der Waals surface area contributed by atoms with Crippen molar-refractivity contribution >= 4 is 0 Å². The van der Waals surface area contributed by atoms with Gasteiger partial charge in [0.15, 0.2) is 0 Å². The van der Waals surface area contributed by atoms with E-state index in [4.69, 9.17) is 5.84 Å². The molecule has 2 fully saturated rings. The van der Waals surface area contributed by atoms with Crippen molar-refractivity contribution in [2.75, 3.05) is 13.1 Å².